The lowest BCUT2D eigenvalue weighted by Crippen LogP contribution is -2.51. The molecule has 0 bridgehead atoms. The normalized spacial score (nSPS) is 11.4. The summed E-state index contributed by atoms with van der Waals surface area (Å²) in [6, 6.07) is 22.3. The van der Waals surface area contributed by atoms with E-state index in [4.69, 9.17) is 9.47 Å². The zero-order valence-corrected chi connectivity index (χ0v) is 20.9. The quantitative estimate of drug-likeness (QED) is 0.445. The number of likely N-dealkylation sites (N-methyl/N-ethyl adjacent to an activating group) is 1. The van der Waals surface area contributed by atoms with Gasteiger partial charge in [-0.3, -0.25) is 9.59 Å². The van der Waals surface area contributed by atoms with Crippen molar-refractivity contribution < 1.29 is 19.1 Å². The van der Waals surface area contributed by atoms with Gasteiger partial charge in [0, 0.05) is 19.5 Å². The fraction of sp³-hybridized carbons (Fsp3) is 0.310. The molecule has 3 rings (SSSR count). The Hall–Kier alpha value is -3.80. The highest BCUT2D eigenvalue weighted by molar-refractivity contribution is 5.88. The minimum Gasteiger partial charge on any atom is -0.497 e. The van der Waals surface area contributed by atoms with Crippen LogP contribution in [-0.4, -0.2) is 43.0 Å². The number of rotatable bonds is 11. The maximum atomic E-state index is 13.6. The second-order valence-electron chi connectivity index (χ2n) is 8.51. The Morgan fingerprint density at radius 3 is 2.31 bits per heavy atom. The summed E-state index contributed by atoms with van der Waals surface area (Å²) < 4.78 is 11.2. The number of hydrogen-bond donors (Lipinski definition) is 1. The highest BCUT2D eigenvalue weighted by Crippen LogP contribution is 2.20. The molecule has 6 nitrogen and oxygen atoms in total. The Morgan fingerprint density at radius 1 is 0.886 bits per heavy atom. The van der Waals surface area contributed by atoms with Crippen LogP contribution in [0.25, 0.3) is 0 Å². The van der Waals surface area contributed by atoms with Crippen LogP contribution in [-0.2, 0) is 22.6 Å². The molecule has 0 radical (unpaired) electrons. The van der Waals surface area contributed by atoms with Gasteiger partial charge in [0.05, 0.1) is 7.11 Å². The van der Waals surface area contributed by atoms with Crippen molar-refractivity contribution in [3.05, 3.63) is 95.1 Å². The van der Waals surface area contributed by atoms with Crippen LogP contribution in [0.1, 0.15) is 29.2 Å². The van der Waals surface area contributed by atoms with E-state index in [-0.39, 0.29) is 25.0 Å². The molecular formula is C29H34N2O4. The molecule has 0 aliphatic carbocycles. The first kappa shape index (κ1) is 25.8. The fourth-order valence-electron chi connectivity index (χ4n) is 3.85. The lowest BCUT2D eigenvalue weighted by atomic mass is 10.0. The third-order valence-corrected chi connectivity index (χ3v) is 5.95. The number of nitrogens with one attached hydrogen (secondary N) is 1. The number of nitrogens with zero attached hydrogens (tertiary/aromatic N) is 1. The van der Waals surface area contributed by atoms with Gasteiger partial charge in [0.2, 0.25) is 5.91 Å². The third kappa shape index (κ3) is 7.34. The maximum absolute atomic E-state index is 13.6. The van der Waals surface area contributed by atoms with Crippen molar-refractivity contribution in [2.75, 3.05) is 20.3 Å². The van der Waals surface area contributed by atoms with E-state index < -0.39 is 6.04 Å². The molecule has 0 saturated heterocycles. The van der Waals surface area contributed by atoms with Gasteiger partial charge in [-0.1, -0.05) is 48.5 Å². The molecule has 0 unspecified atom stereocenters. The van der Waals surface area contributed by atoms with E-state index in [2.05, 4.69) is 5.32 Å². The average Bonchev–Trinajstić information content (AvgIpc) is 2.87. The smallest absolute Gasteiger partial charge is 0.261 e. The van der Waals surface area contributed by atoms with E-state index in [1.165, 1.54) is 0 Å². The van der Waals surface area contributed by atoms with E-state index >= 15 is 0 Å². The van der Waals surface area contributed by atoms with E-state index in [1.807, 2.05) is 93.6 Å². The van der Waals surface area contributed by atoms with Gasteiger partial charge in [-0.05, 0) is 67.3 Å². The minimum atomic E-state index is -0.695. The van der Waals surface area contributed by atoms with Crippen molar-refractivity contribution in [3.8, 4) is 11.5 Å². The SMILES string of the molecule is CCNC(=O)[C@@H](Cc1ccccc1)N(Cc1cccc(OC)c1)C(=O)COc1ccc(C)c(C)c1. The van der Waals surface area contributed by atoms with Crippen LogP contribution in [0.3, 0.4) is 0 Å². The lowest BCUT2D eigenvalue weighted by Gasteiger charge is -2.31. The van der Waals surface area contributed by atoms with Gasteiger partial charge in [0.25, 0.3) is 5.91 Å². The van der Waals surface area contributed by atoms with E-state index in [9.17, 15) is 9.59 Å². The monoisotopic (exact) mass is 474 g/mol. The predicted octanol–water partition coefficient (Wildman–Crippen LogP) is 4.47. The van der Waals surface area contributed by atoms with Crippen molar-refractivity contribution in [2.45, 2.75) is 39.8 Å². The number of carbonyl (C=O) groups excluding carboxylic acids is 2. The molecule has 0 aliphatic heterocycles. The Labute approximate surface area is 207 Å². The summed E-state index contributed by atoms with van der Waals surface area (Å²) in [5.74, 6) is 0.858. The standard InChI is InChI=1S/C29H34N2O4/c1-5-30-29(33)27(18-23-10-7-6-8-11-23)31(19-24-12-9-13-25(17-24)34-4)28(32)20-35-26-15-14-21(2)22(3)16-26/h6-17,27H,5,18-20H2,1-4H3,(H,30,33)/t27-/m1/s1. The summed E-state index contributed by atoms with van der Waals surface area (Å²) in [5.41, 5.74) is 4.09. The van der Waals surface area contributed by atoms with Crippen LogP contribution in [0.4, 0.5) is 0 Å². The number of carbonyl (C=O) groups is 2. The molecule has 0 saturated carbocycles. The molecule has 2 amide bonds. The van der Waals surface area contributed by atoms with E-state index in [1.54, 1.807) is 12.0 Å². The Kier molecular flexibility index (Phi) is 9.30. The Balaban J connectivity index is 1.90. The van der Waals surface area contributed by atoms with Crippen molar-refractivity contribution in [2.24, 2.45) is 0 Å². The molecule has 6 heteroatoms. The Morgan fingerprint density at radius 2 is 1.63 bits per heavy atom. The van der Waals surface area contributed by atoms with Gasteiger partial charge >= 0.3 is 0 Å². The number of ether oxygens (including phenoxy) is 2. The van der Waals surface area contributed by atoms with Crippen LogP contribution in [0.2, 0.25) is 0 Å². The molecule has 0 spiro atoms. The second kappa shape index (κ2) is 12.6. The van der Waals surface area contributed by atoms with Gasteiger partial charge in [0.1, 0.15) is 17.5 Å². The summed E-state index contributed by atoms with van der Waals surface area (Å²) in [4.78, 5) is 28.4. The van der Waals surface area contributed by atoms with Crippen LogP contribution < -0.4 is 14.8 Å². The van der Waals surface area contributed by atoms with Crippen LogP contribution in [0.15, 0.2) is 72.8 Å². The highest BCUT2D eigenvalue weighted by atomic mass is 16.5. The van der Waals surface area contributed by atoms with E-state index in [0.717, 1.165) is 22.3 Å². The average molecular weight is 475 g/mol. The first-order valence-electron chi connectivity index (χ1n) is 11.8. The highest BCUT2D eigenvalue weighted by Gasteiger charge is 2.30. The molecule has 1 atom stereocenters. The van der Waals surface area contributed by atoms with Crippen molar-refractivity contribution in [1.82, 2.24) is 10.2 Å². The summed E-state index contributed by atoms with van der Waals surface area (Å²) in [5, 5.41) is 2.90. The third-order valence-electron chi connectivity index (χ3n) is 5.95. The molecular weight excluding hydrogens is 440 g/mol. The molecule has 3 aromatic rings. The molecule has 35 heavy (non-hydrogen) atoms. The van der Waals surface area contributed by atoms with Gasteiger partial charge in [-0.15, -0.1) is 0 Å². The first-order chi connectivity index (χ1) is 16.9. The summed E-state index contributed by atoms with van der Waals surface area (Å²) in [6.07, 6.45) is 0.395. The van der Waals surface area contributed by atoms with E-state index in [0.29, 0.717) is 24.5 Å². The van der Waals surface area contributed by atoms with Crippen LogP contribution in [0, 0.1) is 13.8 Å². The lowest BCUT2D eigenvalue weighted by molar-refractivity contribution is -0.142. The van der Waals surface area contributed by atoms with Crippen LogP contribution >= 0.6 is 0 Å². The fourth-order valence-corrected chi connectivity index (χ4v) is 3.85. The largest absolute Gasteiger partial charge is 0.497 e. The van der Waals surface area contributed by atoms with Crippen molar-refractivity contribution >= 4 is 11.8 Å². The first-order valence-corrected chi connectivity index (χ1v) is 11.8. The maximum Gasteiger partial charge on any atom is 0.261 e. The number of benzene rings is 3. The summed E-state index contributed by atoms with van der Waals surface area (Å²) >= 11 is 0. The molecule has 0 aromatic heterocycles. The molecule has 0 fully saturated rings. The topological polar surface area (TPSA) is 67.9 Å². The molecule has 1 N–H and O–H groups in total. The van der Waals surface area contributed by atoms with Gasteiger partial charge in [0.15, 0.2) is 6.61 Å². The molecule has 184 valence electrons. The van der Waals surface area contributed by atoms with Crippen molar-refractivity contribution in [3.63, 3.8) is 0 Å². The zero-order valence-electron chi connectivity index (χ0n) is 20.9. The Bertz CT molecular complexity index is 1130. The summed E-state index contributed by atoms with van der Waals surface area (Å²) in [6.45, 7) is 6.46. The number of amides is 2. The van der Waals surface area contributed by atoms with Gasteiger partial charge in [-0.2, -0.15) is 0 Å². The molecule has 0 heterocycles. The molecule has 3 aromatic carbocycles. The van der Waals surface area contributed by atoms with Crippen LogP contribution in [0.5, 0.6) is 11.5 Å². The number of methoxy groups -OCH3 is 1. The number of aryl methyl sites for hydroxylation is 2. The predicted molar refractivity (Wildman–Crippen MR) is 138 cm³/mol. The minimum absolute atomic E-state index is 0.169. The van der Waals surface area contributed by atoms with Gasteiger partial charge in [-0.25, -0.2) is 0 Å². The van der Waals surface area contributed by atoms with Crippen molar-refractivity contribution in [1.29, 1.82) is 0 Å². The zero-order chi connectivity index (χ0) is 25.2. The number of hydrogen-bond acceptors (Lipinski definition) is 4. The summed E-state index contributed by atoms with van der Waals surface area (Å²) in [7, 11) is 1.60. The second-order valence-corrected chi connectivity index (χ2v) is 8.51. The van der Waals surface area contributed by atoms with Gasteiger partial charge < -0.3 is 19.7 Å². The molecule has 0 aliphatic rings.